The van der Waals surface area contributed by atoms with Gasteiger partial charge in [-0.05, 0) is 36.2 Å². The number of rotatable bonds is 7. The van der Waals surface area contributed by atoms with Gasteiger partial charge in [0.2, 0.25) is 17.2 Å². The van der Waals surface area contributed by atoms with Crippen LogP contribution >= 0.6 is 11.6 Å². The highest BCUT2D eigenvalue weighted by atomic mass is 35.5. The molecule has 2 rings (SSSR count). The Balaban J connectivity index is 2.52. The van der Waals surface area contributed by atoms with Gasteiger partial charge in [0.15, 0.2) is 0 Å². The molecular weight excluding hydrogens is 410 g/mol. The van der Waals surface area contributed by atoms with Gasteiger partial charge in [0, 0.05) is 6.54 Å². The van der Waals surface area contributed by atoms with Crippen molar-refractivity contribution < 1.29 is 25.9 Å². The van der Waals surface area contributed by atoms with Crippen molar-refractivity contribution in [3.05, 3.63) is 23.5 Å². The lowest BCUT2D eigenvalue weighted by Crippen LogP contribution is -2.10. The summed E-state index contributed by atoms with van der Waals surface area (Å²) in [7, 11) is -9.33. The monoisotopic (exact) mass is 423 g/mol. The fourth-order valence-corrected chi connectivity index (χ4v) is 3.13. The van der Waals surface area contributed by atoms with Gasteiger partial charge >= 0.3 is 0 Å². The van der Waals surface area contributed by atoms with Crippen molar-refractivity contribution in [3.63, 3.8) is 0 Å². The molecule has 11 nitrogen and oxygen atoms in total. The smallest absolute Gasteiger partial charge is 0.296 e. The van der Waals surface area contributed by atoms with Crippen LogP contribution in [0.5, 0.6) is 0 Å². The molecule has 0 atom stereocenters. The van der Waals surface area contributed by atoms with E-state index < -0.39 is 30.0 Å². The maximum absolute atomic E-state index is 11.5. The van der Waals surface area contributed by atoms with E-state index in [1.54, 1.807) is 0 Å². The molecule has 26 heavy (non-hydrogen) atoms. The highest BCUT2D eigenvalue weighted by Gasteiger charge is 2.20. The molecule has 0 radical (unpaired) electrons. The Kier molecular flexibility index (Phi) is 5.98. The molecule has 0 spiro atoms. The first-order valence-corrected chi connectivity index (χ1v) is 10.3. The molecule has 14 heteroatoms. The molecular formula is C12H14ClN5O6S2. The first kappa shape index (κ1) is 20.3. The van der Waals surface area contributed by atoms with Crippen LogP contribution in [-0.4, -0.2) is 47.4 Å². The minimum Gasteiger partial charge on any atom is -0.354 e. The van der Waals surface area contributed by atoms with Crippen molar-refractivity contribution in [2.45, 2.75) is 23.1 Å². The minimum atomic E-state index is -4.71. The zero-order valence-electron chi connectivity index (χ0n) is 13.2. The van der Waals surface area contributed by atoms with Crippen molar-refractivity contribution in [1.82, 2.24) is 15.0 Å². The summed E-state index contributed by atoms with van der Waals surface area (Å²) in [4.78, 5) is 10.3. The van der Waals surface area contributed by atoms with Crippen LogP contribution in [0, 0.1) is 0 Å². The van der Waals surface area contributed by atoms with Gasteiger partial charge in [0.05, 0.1) is 10.6 Å². The Labute approximate surface area is 154 Å². The van der Waals surface area contributed by atoms with Crippen LogP contribution in [0.4, 0.5) is 17.6 Å². The van der Waals surface area contributed by atoms with Gasteiger partial charge in [-0.2, -0.15) is 31.8 Å². The summed E-state index contributed by atoms with van der Waals surface area (Å²) < 4.78 is 63.9. The van der Waals surface area contributed by atoms with Gasteiger partial charge in [-0.15, -0.1) is 0 Å². The number of hydrogen-bond acceptors (Lipinski definition) is 9. The van der Waals surface area contributed by atoms with Crippen molar-refractivity contribution in [3.8, 4) is 0 Å². The van der Waals surface area contributed by atoms with Crippen molar-refractivity contribution in [2.75, 3.05) is 17.2 Å². The molecule has 0 saturated heterocycles. The van der Waals surface area contributed by atoms with E-state index in [1.165, 1.54) is 0 Å². The normalized spacial score (nSPS) is 12.0. The van der Waals surface area contributed by atoms with E-state index in [0.717, 1.165) is 24.6 Å². The van der Waals surface area contributed by atoms with Crippen molar-refractivity contribution in [2.24, 2.45) is 0 Å². The second-order valence-electron chi connectivity index (χ2n) is 4.91. The van der Waals surface area contributed by atoms with Gasteiger partial charge < -0.3 is 10.6 Å². The summed E-state index contributed by atoms with van der Waals surface area (Å²) >= 11 is 5.78. The van der Waals surface area contributed by atoms with Crippen molar-refractivity contribution >= 4 is 49.4 Å². The molecule has 1 aromatic heterocycles. The second-order valence-corrected chi connectivity index (χ2v) is 8.06. The Bertz CT molecular complexity index is 1030. The molecule has 0 aliphatic rings. The van der Waals surface area contributed by atoms with E-state index in [9.17, 15) is 21.4 Å². The van der Waals surface area contributed by atoms with E-state index in [-0.39, 0.29) is 22.9 Å². The van der Waals surface area contributed by atoms with Gasteiger partial charge in [-0.1, -0.05) is 6.92 Å². The molecule has 142 valence electrons. The number of benzene rings is 1. The Hall–Kier alpha value is -2.06. The molecule has 0 aliphatic heterocycles. The second kappa shape index (κ2) is 7.67. The van der Waals surface area contributed by atoms with Gasteiger partial charge in [0.1, 0.15) is 4.90 Å². The van der Waals surface area contributed by atoms with Crippen LogP contribution < -0.4 is 10.6 Å². The lowest BCUT2D eigenvalue weighted by molar-refractivity contribution is 0.479. The standard InChI is InChI=1S/C12H14ClN5O6S2/c1-2-5-14-11-16-10(13)17-12(18-11)15-8-6-7(25(19,20)21)3-4-9(8)26(22,23)24/h3-4,6H,2,5H2,1H3,(H,19,20,21)(H,22,23,24)(H2,14,15,16,17,18). The molecule has 0 unspecified atom stereocenters. The molecule has 0 aliphatic carbocycles. The van der Waals surface area contributed by atoms with E-state index in [4.69, 9.17) is 16.2 Å². The van der Waals surface area contributed by atoms with E-state index in [2.05, 4.69) is 25.6 Å². The summed E-state index contributed by atoms with van der Waals surface area (Å²) in [5, 5.41) is 5.09. The Morgan fingerprint density at radius 2 is 1.69 bits per heavy atom. The fraction of sp³-hybridized carbons (Fsp3) is 0.250. The number of anilines is 3. The van der Waals surface area contributed by atoms with Crippen LogP contribution in [0.25, 0.3) is 0 Å². The molecule has 4 N–H and O–H groups in total. The van der Waals surface area contributed by atoms with Crippen LogP contribution in [-0.2, 0) is 20.2 Å². The highest BCUT2D eigenvalue weighted by molar-refractivity contribution is 7.86. The first-order valence-electron chi connectivity index (χ1n) is 7.02. The minimum absolute atomic E-state index is 0.105. The number of hydrogen-bond donors (Lipinski definition) is 4. The number of nitrogens with zero attached hydrogens (tertiary/aromatic N) is 3. The van der Waals surface area contributed by atoms with E-state index in [1.807, 2.05) is 6.92 Å². The SMILES string of the molecule is CCCNc1nc(Cl)nc(Nc2cc(S(=O)(=O)O)ccc2S(=O)(=O)O)n1. The molecule has 0 bridgehead atoms. The zero-order chi connectivity index (χ0) is 19.5. The predicted molar refractivity (Wildman–Crippen MR) is 93.0 cm³/mol. The summed E-state index contributed by atoms with van der Waals surface area (Å²) in [6.45, 7) is 2.45. The summed E-state index contributed by atoms with van der Waals surface area (Å²) in [6, 6.07) is 2.42. The van der Waals surface area contributed by atoms with Crippen LogP contribution in [0.1, 0.15) is 13.3 Å². The number of nitrogens with one attached hydrogen (secondary N) is 2. The van der Waals surface area contributed by atoms with Gasteiger partial charge in [-0.25, -0.2) is 0 Å². The molecule has 1 aromatic carbocycles. The predicted octanol–water partition coefficient (Wildman–Crippen LogP) is 1.58. The van der Waals surface area contributed by atoms with Crippen LogP contribution in [0.15, 0.2) is 28.0 Å². The third kappa shape index (κ3) is 5.22. The average molecular weight is 424 g/mol. The lowest BCUT2D eigenvalue weighted by atomic mass is 10.3. The maximum Gasteiger partial charge on any atom is 0.296 e. The summed E-state index contributed by atoms with van der Waals surface area (Å²) in [6.07, 6.45) is 0.773. The molecule has 0 saturated carbocycles. The Morgan fingerprint density at radius 1 is 1.04 bits per heavy atom. The first-order chi connectivity index (χ1) is 12.0. The fourth-order valence-electron chi connectivity index (χ4n) is 1.83. The number of aromatic nitrogens is 3. The third-order valence-corrected chi connectivity index (χ3v) is 4.84. The van der Waals surface area contributed by atoms with Crippen LogP contribution in [0.3, 0.4) is 0 Å². The molecule has 2 aromatic rings. The Morgan fingerprint density at radius 3 is 2.27 bits per heavy atom. The van der Waals surface area contributed by atoms with Gasteiger partial charge in [-0.3, -0.25) is 9.11 Å². The maximum atomic E-state index is 11.5. The van der Waals surface area contributed by atoms with E-state index in [0.29, 0.717) is 6.54 Å². The van der Waals surface area contributed by atoms with Crippen LogP contribution in [0.2, 0.25) is 5.28 Å². The topological polar surface area (TPSA) is 171 Å². The number of halogens is 1. The molecule has 1 heterocycles. The average Bonchev–Trinajstić information content (AvgIpc) is 2.50. The van der Waals surface area contributed by atoms with Crippen molar-refractivity contribution in [1.29, 1.82) is 0 Å². The molecule has 0 amide bonds. The third-order valence-electron chi connectivity index (χ3n) is 2.91. The lowest BCUT2D eigenvalue weighted by Gasteiger charge is -2.11. The van der Waals surface area contributed by atoms with Gasteiger partial charge in [0.25, 0.3) is 20.2 Å². The summed E-state index contributed by atoms with van der Waals surface area (Å²) in [5.74, 6) is -0.102. The largest absolute Gasteiger partial charge is 0.354 e. The quantitative estimate of drug-likeness (QED) is 0.476. The highest BCUT2D eigenvalue weighted by Crippen LogP contribution is 2.27. The summed E-state index contributed by atoms with van der Waals surface area (Å²) in [5.41, 5.74) is -0.383. The zero-order valence-corrected chi connectivity index (χ0v) is 15.6. The van der Waals surface area contributed by atoms with E-state index >= 15 is 0 Å². The molecule has 0 fully saturated rings.